The summed E-state index contributed by atoms with van der Waals surface area (Å²) in [6, 6.07) is 14.3. The van der Waals surface area contributed by atoms with Crippen LogP contribution in [0.15, 0.2) is 61.1 Å². The van der Waals surface area contributed by atoms with Gasteiger partial charge >= 0.3 is 24.3 Å². The molecule has 17 heteroatoms. The zero-order chi connectivity index (χ0) is 35.0. The van der Waals surface area contributed by atoms with Gasteiger partial charge < -0.3 is 15.1 Å². The summed E-state index contributed by atoms with van der Waals surface area (Å²) in [6.07, 6.45) is -2.75. The van der Waals surface area contributed by atoms with E-state index in [0.29, 0.717) is 6.54 Å². The number of nitrogens with zero attached hydrogens (tertiary/aromatic N) is 6. The molecule has 0 aliphatic carbocycles. The highest BCUT2D eigenvalue weighted by molar-refractivity contribution is 5.85. The van der Waals surface area contributed by atoms with E-state index in [1.807, 2.05) is 47.6 Å². The average Bonchev–Trinajstić information content (AvgIpc) is 3.62. The first-order chi connectivity index (χ1) is 22.0. The van der Waals surface area contributed by atoms with Gasteiger partial charge in [0, 0.05) is 62.4 Å². The molecule has 3 aromatic rings. The van der Waals surface area contributed by atoms with Crippen molar-refractivity contribution < 1.29 is 50.9 Å². The second-order valence-electron chi connectivity index (χ2n) is 11.3. The largest absolute Gasteiger partial charge is 0.490 e. The van der Waals surface area contributed by atoms with E-state index < -0.39 is 29.7 Å². The van der Waals surface area contributed by atoms with E-state index in [0.717, 1.165) is 50.4 Å². The van der Waals surface area contributed by atoms with Gasteiger partial charge in [0.15, 0.2) is 0 Å². The van der Waals surface area contributed by atoms with Crippen molar-refractivity contribution >= 4 is 17.8 Å². The predicted molar refractivity (Wildman–Crippen MR) is 154 cm³/mol. The number of rotatable bonds is 6. The van der Waals surface area contributed by atoms with Crippen molar-refractivity contribution in [1.29, 1.82) is 0 Å². The number of alkyl halides is 6. The summed E-state index contributed by atoms with van der Waals surface area (Å²) >= 11 is 0. The van der Waals surface area contributed by atoms with Crippen LogP contribution in [0, 0.1) is 5.41 Å². The molecule has 11 nitrogen and oxygen atoms in total. The van der Waals surface area contributed by atoms with Gasteiger partial charge in [-0.2, -0.15) is 31.4 Å². The van der Waals surface area contributed by atoms with Crippen molar-refractivity contribution in [3.8, 4) is 0 Å². The highest BCUT2D eigenvalue weighted by atomic mass is 19.4. The molecule has 0 unspecified atom stereocenters. The number of hydrogen-bond acceptors (Lipinski definition) is 7. The fourth-order valence-electron chi connectivity index (χ4n) is 5.67. The zero-order valence-corrected chi connectivity index (χ0v) is 25.4. The Bertz CT molecular complexity index is 1460. The average molecular weight is 673 g/mol. The van der Waals surface area contributed by atoms with Crippen LogP contribution in [-0.4, -0.2) is 89.6 Å². The first-order valence-electron chi connectivity index (χ1n) is 14.4. The second-order valence-corrected chi connectivity index (χ2v) is 11.3. The topological polar surface area (TPSA) is 142 Å². The predicted octanol–water partition coefficient (Wildman–Crippen LogP) is 4.93. The molecule has 2 aliphatic rings. The van der Waals surface area contributed by atoms with E-state index in [1.54, 1.807) is 6.20 Å². The van der Waals surface area contributed by atoms with Crippen molar-refractivity contribution in [2.24, 2.45) is 5.41 Å². The standard InChI is InChI=1S/C26H32N6O.2C2HF3O2/c1-20(2)32-24(10-14-29-32)23-18-30(16-21-8-3-5-12-27-21)19-26(23)11-7-15-31(25(26)33)17-22-9-4-6-13-28-22;2*3-2(4,5)1(6)7/h3-6,8-10,12-14,20,23H,7,11,15-19H2,1-2H3;2*(H,6,7)/t23-,26+;;/m0../s1. The van der Waals surface area contributed by atoms with Gasteiger partial charge in [0.05, 0.1) is 23.3 Å². The molecular formula is C30H34F6N6O5. The Hall–Kier alpha value is -4.54. The van der Waals surface area contributed by atoms with Crippen LogP contribution in [-0.2, 0) is 27.5 Å². The summed E-state index contributed by atoms with van der Waals surface area (Å²) in [5, 5.41) is 18.9. The third kappa shape index (κ3) is 9.73. The molecule has 5 heterocycles. The van der Waals surface area contributed by atoms with E-state index in [-0.39, 0.29) is 17.9 Å². The minimum Gasteiger partial charge on any atom is -0.475 e. The second kappa shape index (κ2) is 15.4. The Morgan fingerprint density at radius 3 is 1.89 bits per heavy atom. The van der Waals surface area contributed by atoms with Gasteiger partial charge in [0.2, 0.25) is 5.91 Å². The first kappa shape index (κ1) is 36.9. The monoisotopic (exact) mass is 672 g/mol. The molecule has 0 radical (unpaired) electrons. The number of hydrogen-bond donors (Lipinski definition) is 2. The maximum Gasteiger partial charge on any atom is 0.490 e. The van der Waals surface area contributed by atoms with E-state index in [4.69, 9.17) is 19.8 Å². The molecule has 2 aliphatic heterocycles. The van der Waals surface area contributed by atoms with Crippen LogP contribution in [0.4, 0.5) is 26.3 Å². The van der Waals surface area contributed by atoms with Gasteiger partial charge in [-0.3, -0.25) is 24.3 Å². The van der Waals surface area contributed by atoms with Gasteiger partial charge in [-0.25, -0.2) is 9.59 Å². The van der Waals surface area contributed by atoms with Crippen LogP contribution < -0.4 is 0 Å². The summed E-state index contributed by atoms with van der Waals surface area (Å²) in [5.74, 6) is -5.16. The molecule has 2 N–H and O–H groups in total. The lowest BCUT2D eigenvalue weighted by Crippen LogP contribution is -2.52. The Balaban J connectivity index is 0.000000360. The number of piperidine rings is 1. The number of carboxylic acid groups (broad SMARTS) is 2. The van der Waals surface area contributed by atoms with Crippen LogP contribution in [0.1, 0.15) is 55.7 Å². The van der Waals surface area contributed by atoms with E-state index >= 15 is 0 Å². The van der Waals surface area contributed by atoms with Gasteiger partial charge in [-0.05, 0) is 57.0 Å². The van der Waals surface area contributed by atoms with Crippen LogP contribution >= 0.6 is 0 Å². The lowest BCUT2D eigenvalue weighted by molar-refractivity contribution is -0.193. The number of carbonyl (C=O) groups excluding carboxylic acids is 1. The van der Waals surface area contributed by atoms with Crippen LogP contribution in [0.3, 0.4) is 0 Å². The molecule has 2 fully saturated rings. The number of aromatic nitrogens is 4. The maximum atomic E-state index is 14.2. The van der Waals surface area contributed by atoms with Crippen molar-refractivity contribution in [2.75, 3.05) is 19.6 Å². The lowest BCUT2D eigenvalue weighted by Gasteiger charge is -2.42. The fraction of sp³-hybridized carbons (Fsp3) is 0.467. The molecule has 1 amide bonds. The van der Waals surface area contributed by atoms with Crippen LogP contribution in [0.5, 0.6) is 0 Å². The van der Waals surface area contributed by atoms with Gasteiger partial charge in [0.1, 0.15) is 0 Å². The molecule has 0 saturated carbocycles. The molecule has 2 saturated heterocycles. The number of pyridine rings is 2. The van der Waals surface area contributed by atoms with Gasteiger partial charge in [-0.15, -0.1) is 0 Å². The smallest absolute Gasteiger partial charge is 0.475 e. The number of halogens is 6. The molecule has 256 valence electrons. The Morgan fingerprint density at radius 1 is 0.894 bits per heavy atom. The zero-order valence-electron chi connectivity index (χ0n) is 25.4. The third-order valence-corrected chi connectivity index (χ3v) is 7.60. The highest BCUT2D eigenvalue weighted by Crippen LogP contribution is 2.50. The first-order valence-corrected chi connectivity index (χ1v) is 14.4. The van der Waals surface area contributed by atoms with Gasteiger partial charge in [-0.1, -0.05) is 12.1 Å². The summed E-state index contributed by atoms with van der Waals surface area (Å²) in [4.78, 5) is 45.4. The fourth-order valence-corrected chi connectivity index (χ4v) is 5.67. The molecule has 0 bridgehead atoms. The molecule has 5 rings (SSSR count). The molecule has 47 heavy (non-hydrogen) atoms. The van der Waals surface area contributed by atoms with Crippen LogP contribution in [0.25, 0.3) is 0 Å². The molecule has 1 spiro atoms. The van der Waals surface area contributed by atoms with E-state index in [9.17, 15) is 31.1 Å². The SMILES string of the molecule is CC(C)n1nccc1[C@@H]1CN(Cc2ccccn2)C[C@]12CCCN(Cc1ccccn1)C2=O.O=C(O)C(F)(F)F.O=C(O)C(F)(F)F. The summed E-state index contributed by atoms with van der Waals surface area (Å²) < 4.78 is 65.6. The number of likely N-dealkylation sites (tertiary alicyclic amines) is 2. The Labute approximate surface area is 265 Å². The maximum absolute atomic E-state index is 14.2. The minimum atomic E-state index is -5.08. The number of carboxylic acids is 2. The van der Waals surface area contributed by atoms with E-state index in [2.05, 4.69) is 50.6 Å². The summed E-state index contributed by atoms with van der Waals surface area (Å²) in [6.45, 7) is 7.99. The minimum absolute atomic E-state index is 0.102. The van der Waals surface area contributed by atoms with Crippen molar-refractivity contribution in [3.63, 3.8) is 0 Å². The molecule has 2 atom stereocenters. The third-order valence-electron chi connectivity index (χ3n) is 7.60. The van der Waals surface area contributed by atoms with Crippen LogP contribution in [0.2, 0.25) is 0 Å². The number of aliphatic carboxylic acids is 2. The van der Waals surface area contributed by atoms with Crippen molar-refractivity contribution in [2.45, 2.75) is 64.1 Å². The van der Waals surface area contributed by atoms with Gasteiger partial charge in [0.25, 0.3) is 0 Å². The lowest BCUT2D eigenvalue weighted by atomic mass is 9.70. The Kier molecular flexibility index (Phi) is 12.1. The van der Waals surface area contributed by atoms with Crippen molar-refractivity contribution in [3.05, 3.63) is 78.1 Å². The highest BCUT2D eigenvalue weighted by Gasteiger charge is 2.56. The summed E-state index contributed by atoms with van der Waals surface area (Å²) in [7, 11) is 0. The Morgan fingerprint density at radius 2 is 1.43 bits per heavy atom. The van der Waals surface area contributed by atoms with E-state index in [1.165, 1.54) is 5.69 Å². The molecule has 0 aromatic carbocycles. The number of carbonyl (C=O) groups is 3. The summed E-state index contributed by atoms with van der Waals surface area (Å²) in [5.41, 5.74) is 2.70. The van der Waals surface area contributed by atoms with Crippen molar-refractivity contribution in [1.82, 2.24) is 29.5 Å². The normalized spacial score (nSPS) is 20.0. The number of amides is 1. The quantitative estimate of drug-likeness (QED) is 0.349. The molecule has 3 aromatic heterocycles. The molecular weight excluding hydrogens is 638 g/mol.